The van der Waals surface area contributed by atoms with Gasteiger partial charge in [0.15, 0.2) is 5.82 Å². The van der Waals surface area contributed by atoms with E-state index in [0.717, 1.165) is 12.1 Å². The van der Waals surface area contributed by atoms with Crippen molar-refractivity contribution in [2.75, 3.05) is 0 Å². The van der Waals surface area contributed by atoms with Crippen LogP contribution in [0.2, 0.25) is 5.02 Å². The molecule has 0 radical (unpaired) electrons. The Bertz CT molecular complexity index is 1080. The minimum atomic E-state index is -0.743. The van der Waals surface area contributed by atoms with E-state index in [1.165, 1.54) is 29.2 Å². The molecular formula is C18H15ClF2N4O2. The first-order valence-electron chi connectivity index (χ1n) is 7.97. The van der Waals surface area contributed by atoms with Gasteiger partial charge in [-0.3, -0.25) is 9.59 Å². The van der Waals surface area contributed by atoms with Gasteiger partial charge >= 0.3 is 0 Å². The molecule has 9 heteroatoms. The van der Waals surface area contributed by atoms with E-state index in [1.807, 2.05) is 0 Å². The average molecular weight is 393 g/mol. The van der Waals surface area contributed by atoms with Crippen LogP contribution in [0.4, 0.5) is 8.78 Å². The summed E-state index contributed by atoms with van der Waals surface area (Å²) in [5.41, 5.74) is 1.06. The summed E-state index contributed by atoms with van der Waals surface area (Å²) in [6, 6.07) is 4.03. The predicted molar refractivity (Wildman–Crippen MR) is 96.2 cm³/mol. The number of aromatic nitrogens is 3. The smallest absolute Gasteiger partial charge is 0.266 e. The summed E-state index contributed by atoms with van der Waals surface area (Å²) in [6.45, 7) is 3.45. The molecule has 2 heterocycles. The van der Waals surface area contributed by atoms with Gasteiger partial charge in [-0.1, -0.05) is 11.6 Å². The number of aromatic amines is 1. The van der Waals surface area contributed by atoms with Crippen molar-refractivity contribution in [3.8, 4) is 5.69 Å². The van der Waals surface area contributed by atoms with Gasteiger partial charge in [-0.05, 0) is 32.0 Å². The fourth-order valence-corrected chi connectivity index (χ4v) is 2.86. The monoisotopic (exact) mass is 392 g/mol. The maximum atomic E-state index is 14.0. The molecule has 2 aromatic heterocycles. The summed E-state index contributed by atoms with van der Waals surface area (Å²) < 4.78 is 28.5. The molecule has 0 fully saturated rings. The summed E-state index contributed by atoms with van der Waals surface area (Å²) >= 11 is 5.73. The third kappa shape index (κ3) is 3.75. The zero-order valence-electron chi connectivity index (χ0n) is 14.4. The lowest BCUT2D eigenvalue weighted by Crippen LogP contribution is -2.27. The highest BCUT2D eigenvalue weighted by atomic mass is 35.5. The molecule has 0 aliphatic carbocycles. The van der Waals surface area contributed by atoms with Crippen molar-refractivity contribution in [3.63, 3.8) is 0 Å². The zero-order valence-corrected chi connectivity index (χ0v) is 15.1. The Labute approximate surface area is 157 Å². The van der Waals surface area contributed by atoms with Crippen LogP contribution in [0.5, 0.6) is 0 Å². The van der Waals surface area contributed by atoms with Crippen LogP contribution >= 0.6 is 11.6 Å². The van der Waals surface area contributed by atoms with Crippen LogP contribution in [-0.4, -0.2) is 20.7 Å². The average Bonchev–Trinajstić information content (AvgIpc) is 2.98. The second kappa shape index (κ2) is 7.32. The van der Waals surface area contributed by atoms with Gasteiger partial charge in [0.2, 0.25) is 0 Å². The Balaban J connectivity index is 1.84. The molecule has 0 saturated carbocycles. The SMILES string of the molecule is Cc1c(C(C)NC(=O)c2c[nH]c(=O)c(Cl)c2)cnn1-c1ccc(F)cc1F. The molecule has 6 nitrogen and oxygen atoms in total. The first-order chi connectivity index (χ1) is 12.8. The van der Waals surface area contributed by atoms with Crippen molar-refractivity contribution < 1.29 is 13.6 Å². The first-order valence-corrected chi connectivity index (χ1v) is 8.34. The quantitative estimate of drug-likeness (QED) is 0.715. The number of nitrogens with one attached hydrogen (secondary N) is 2. The summed E-state index contributed by atoms with van der Waals surface area (Å²) in [4.78, 5) is 26.0. The maximum absolute atomic E-state index is 14.0. The van der Waals surface area contributed by atoms with E-state index in [4.69, 9.17) is 11.6 Å². The number of H-pyrrole nitrogens is 1. The van der Waals surface area contributed by atoms with E-state index < -0.39 is 29.1 Å². The standard InChI is InChI=1S/C18H15ClF2N4O2/c1-9(24-17(26)11-5-14(19)18(27)22-7-11)13-8-23-25(10(13)2)16-4-3-12(20)6-15(16)21/h3-9H,1-2H3,(H,22,27)(H,24,26). The van der Waals surface area contributed by atoms with Crippen LogP contribution < -0.4 is 10.9 Å². The van der Waals surface area contributed by atoms with Crippen LogP contribution in [0, 0.1) is 18.6 Å². The molecule has 0 spiro atoms. The highest BCUT2D eigenvalue weighted by molar-refractivity contribution is 6.30. The molecule has 3 rings (SSSR count). The lowest BCUT2D eigenvalue weighted by atomic mass is 10.1. The van der Waals surface area contributed by atoms with Crippen LogP contribution in [0.15, 0.2) is 41.5 Å². The number of benzene rings is 1. The predicted octanol–water partition coefficient (Wildman–Crippen LogP) is 3.29. The molecule has 1 aromatic carbocycles. The lowest BCUT2D eigenvalue weighted by molar-refractivity contribution is 0.0939. The number of carbonyl (C=O) groups is 1. The highest BCUT2D eigenvalue weighted by Gasteiger charge is 2.19. The number of rotatable bonds is 4. The summed E-state index contributed by atoms with van der Waals surface area (Å²) in [7, 11) is 0. The molecule has 0 saturated heterocycles. The van der Waals surface area contributed by atoms with E-state index in [0.29, 0.717) is 11.3 Å². The molecule has 27 heavy (non-hydrogen) atoms. The van der Waals surface area contributed by atoms with E-state index in [1.54, 1.807) is 13.8 Å². The van der Waals surface area contributed by atoms with Crippen molar-refractivity contribution in [2.24, 2.45) is 0 Å². The molecule has 3 aromatic rings. The van der Waals surface area contributed by atoms with E-state index in [9.17, 15) is 18.4 Å². The Hall–Kier alpha value is -3.00. The summed E-state index contributed by atoms with van der Waals surface area (Å²) in [5.74, 6) is -1.87. The molecular weight excluding hydrogens is 378 g/mol. The van der Waals surface area contributed by atoms with Crippen LogP contribution in [0.25, 0.3) is 5.69 Å². The number of pyridine rings is 1. The number of hydrogen-bond donors (Lipinski definition) is 2. The summed E-state index contributed by atoms with van der Waals surface area (Å²) in [6.07, 6.45) is 2.77. The number of hydrogen-bond acceptors (Lipinski definition) is 3. The fourth-order valence-electron chi connectivity index (χ4n) is 2.69. The van der Waals surface area contributed by atoms with Gasteiger partial charge in [-0.2, -0.15) is 5.10 Å². The van der Waals surface area contributed by atoms with Gasteiger partial charge < -0.3 is 10.3 Å². The molecule has 1 amide bonds. The van der Waals surface area contributed by atoms with Crippen LogP contribution in [0.1, 0.15) is 34.6 Å². The summed E-state index contributed by atoms with van der Waals surface area (Å²) in [5, 5.41) is 6.81. The minimum absolute atomic E-state index is 0.0916. The van der Waals surface area contributed by atoms with Gasteiger partial charge in [-0.15, -0.1) is 0 Å². The Morgan fingerprint density at radius 1 is 1.33 bits per heavy atom. The van der Waals surface area contributed by atoms with Gasteiger partial charge in [0.05, 0.1) is 17.8 Å². The van der Waals surface area contributed by atoms with Crippen molar-refractivity contribution in [1.29, 1.82) is 0 Å². The number of carbonyl (C=O) groups excluding carboxylic acids is 1. The van der Waals surface area contributed by atoms with Crippen LogP contribution in [-0.2, 0) is 0 Å². The van der Waals surface area contributed by atoms with Gasteiger partial charge in [0, 0.05) is 23.5 Å². The largest absolute Gasteiger partial charge is 0.345 e. The van der Waals surface area contributed by atoms with Crippen LogP contribution in [0.3, 0.4) is 0 Å². The molecule has 0 bridgehead atoms. The van der Waals surface area contributed by atoms with Crippen molar-refractivity contribution >= 4 is 17.5 Å². The molecule has 1 atom stereocenters. The minimum Gasteiger partial charge on any atom is -0.345 e. The fraction of sp³-hybridized carbons (Fsp3) is 0.167. The third-order valence-electron chi connectivity index (χ3n) is 4.12. The van der Waals surface area contributed by atoms with Gasteiger partial charge in [0.25, 0.3) is 11.5 Å². The topological polar surface area (TPSA) is 79.8 Å². The number of amides is 1. The van der Waals surface area contributed by atoms with Crippen molar-refractivity contribution in [1.82, 2.24) is 20.1 Å². The van der Waals surface area contributed by atoms with E-state index >= 15 is 0 Å². The molecule has 0 aliphatic heterocycles. The van der Waals surface area contributed by atoms with Crippen molar-refractivity contribution in [2.45, 2.75) is 19.9 Å². The second-order valence-corrected chi connectivity index (χ2v) is 6.36. The van der Waals surface area contributed by atoms with Gasteiger partial charge in [0.1, 0.15) is 16.5 Å². The van der Waals surface area contributed by atoms with E-state index in [2.05, 4.69) is 15.4 Å². The lowest BCUT2D eigenvalue weighted by Gasteiger charge is -2.14. The molecule has 140 valence electrons. The Kier molecular flexibility index (Phi) is 5.09. The van der Waals surface area contributed by atoms with Gasteiger partial charge in [-0.25, -0.2) is 13.5 Å². The first kappa shape index (κ1) is 18.8. The van der Waals surface area contributed by atoms with Crippen molar-refractivity contribution in [3.05, 3.63) is 80.5 Å². The number of halogens is 3. The Morgan fingerprint density at radius 3 is 2.74 bits per heavy atom. The zero-order chi connectivity index (χ0) is 19.7. The second-order valence-electron chi connectivity index (χ2n) is 5.95. The maximum Gasteiger partial charge on any atom is 0.266 e. The molecule has 0 aliphatic rings. The highest BCUT2D eigenvalue weighted by Crippen LogP contribution is 2.22. The Morgan fingerprint density at radius 2 is 2.07 bits per heavy atom. The van der Waals surface area contributed by atoms with E-state index in [-0.39, 0.29) is 16.3 Å². The molecule has 2 N–H and O–H groups in total. The normalized spacial score (nSPS) is 12.0. The molecule has 1 unspecified atom stereocenters. The number of nitrogens with zero attached hydrogens (tertiary/aromatic N) is 2. The third-order valence-corrected chi connectivity index (χ3v) is 4.40.